The van der Waals surface area contributed by atoms with E-state index in [1.807, 2.05) is 0 Å². The first-order chi connectivity index (χ1) is 9.65. The van der Waals surface area contributed by atoms with Crippen LogP contribution in [0.25, 0.3) is 0 Å². The van der Waals surface area contributed by atoms with Crippen molar-refractivity contribution in [2.75, 3.05) is 5.32 Å². The Hall–Kier alpha value is -1.75. The van der Waals surface area contributed by atoms with Crippen LogP contribution in [0.2, 0.25) is 5.02 Å². The van der Waals surface area contributed by atoms with E-state index < -0.39 is 6.03 Å². The van der Waals surface area contributed by atoms with Crippen LogP contribution in [0, 0.1) is 5.92 Å². The highest BCUT2D eigenvalue weighted by atomic mass is 35.5. The first-order valence-electron chi connectivity index (χ1n) is 6.77. The third kappa shape index (κ3) is 4.42. The van der Waals surface area contributed by atoms with Crippen LogP contribution >= 0.6 is 11.6 Å². The van der Waals surface area contributed by atoms with E-state index >= 15 is 0 Å². The number of nitrogens with one attached hydrogen (secondary N) is 3. The molecule has 0 atom stereocenters. The Morgan fingerprint density at radius 2 is 1.65 bits per heavy atom. The summed E-state index contributed by atoms with van der Waals surface area (Å²) < 4.78 is 0. The first kappa shape index (κ1) is 14.7. The molecule has 1 aromatic rings. The predicted octanol–water partition coefficient (Wildman–Crippen LogP) is 3.07. The van der Waals surface area contributed by atoms with Gasteiger partial charge in [-0.3, -0.25) is 10.2 Å². The summed E-state index contributed by atoms with van der Waals surface area (Å²) in [6.45, 7) is 0. The number of benzene rings is 1. The minimum Gasteiger partial charge on any atom is -0.307 e. The molecule has 20 heavy (non-hydrogen) atoms. The Morgan fingerprint density at radius 3 is 2.30 bits per heavy atom. The zero-order valence-corrected chi connectivity index (χ0v) is 11.9. The van der Waals surface area contributed by atoms with Gasteiger partial charge < -0.3 is 5.32 Å². The summed E-state index contributed by atoms with van der Waals surface area (Å²) in [4.78, 5) is 23.4. The van der Waals surface area contributed by atoms with E-state index in [0.717, 1.165) is 25.7 Å². The second-order valence-corrected chi connectivity index (χ2v) is 5.35. The van der Waals surface area contributed by atoms with Crippen molar-refractivity contribution in [3.05, 3.63) is 29.3 Å². The lowest BCUT2D eigenvalue weighted by Crippen LogP contribution is -2.46. The lowest BCUT2D eigenvalue weighted by atomic mass is 9.89. The molecule has 0 aliphatic heterocycles. The van der Waals surface area contributed by atoms with Crippen molar-refractivity contribution in [3.63, 3.8) is 0 Å². The number of hydrazine groups is 1. The Morgan fingerprint density at radius 1 is 1.00 bits per heavy atom. The molecule has 0 heterocycles. The number of carbonyl (C=O) groups excluding carboxylic acids is 2. The molecule has 2 rings (SSSR count). The van der Waals surface area contributed by atoms with Crippen LogP contribution in [0.5, 0.6) is 0 Å². The van der Waals surface area contributed by atoms with E-state index in [4.69, 9.17) is 11.6 Å². The second kappa shape index (κ2) is 7.14. The Balaban J connectivity index is 1.74. The van der Waals surface area contributed by atoms with Crippen LogP contribution in [-0.4, -0.2) is 11.9 Å². The van der Waals surface area contributed by atoms with Crippen LogP contribution in [0.15, 0.2) is 24.3 Å². The van der Waals surface area contributed by atoms with Gasteiger partial charge in [-0.1, -0.05) is 30.9 Å². The maximum absolute atomic E-state index is 11.8. The lowest BCUT2D eigenvalue weighted by Gasteiger charge is -2.20. The minimum atomic E-state index is -0.475. The van der Waals surface area contributed by atoms with Gasteiger partial charge >= 0.3 is 6.03 Å². The van der Waals surface area contributed by atoms with E-state index in [9.17, 15) is 9.59 Å². The van der Waals surface area contributed by atoms with Crippen molar-refractivity contribution in [3.8, 4) is 0 Å². The topological polar surface area (TPSA) is 70.2 Å². The van der Waals surface area contributed by atoms with E-state index in [1.165, 1.54) is 6.42 Å². The summed E-state index contributed by atoms with van der Waals surface area (Å²) in [7, 11) is 0. The van der Waals surface area contributed by atoms with Crippen LogP contribution < -0.4 is 16.2 Å². The fourth-order valence-electron chi connectivity index (χ4n) is 2.28. The van der Waals surface area contributed by atoms with Gasteiger partial charge in [-0.2, -0.15) is 0 Å². The number of anilines is 1. The summed E-state index contributed by atoms with van der Waals surface area (Å²) in [5.41, 5.74) is 5.43. The Kier molecular flexibility index (Phi) is 5.24. The molecule has 5 nitrogen and oxygen atoms in total. The highest BCUT2D eigenvalue weighted by Crippen LogP contribution is 2.23. The van der Waals surface area contributed by atoms with Crippen molar-refractivity contribution in [1.29, 1.82) is 0 Å². The summed E-state index contributed by atoms with van der Waals surface area (Å²) in [6, 6.07) is 6.25. The van der Waals surface area contributed by atoms with Crippen LogP contribution in [0.1, 0.15) is 32.1 Å². The Labute approximate surface area is 123 Å². The summed E-state index contributed by atoms with van der Waals surface area (Å²) in [5, 5.41) is 3.20. The summed E-state index contributed by atoms with van der Waals surface area (Å²) >= 11 is 5.75. The average Bonchev–Trinajstić information content (AvgIpc) is 2.48. The molecule has 108 valence electrons. The molecule has 0 aromatic heterocycles. The number of halogens is 1. The molecule has 0 unspecified atom stereocenters. The molecule has 0 spiro atoms. The van der Waals surface area contributed by atoms with Crippen LogP contribution in [-0.2, 0) is 4.79 Å². The minimum absolute atomic E-state index is 0.0135. The molecule has 6 heteroatoms. The van der Waals surface area contributed by atoms with Gasteiger partial charge in [-0.25, -0.2) is 10.2 Å². The highest BCUT2D eigenvalue weighted by Gasteiger charge is 2.21. The van der Waals surface area contributed by atoms with Gasteiger partial charge in [0.25, 0.3) is 0 Å². The maximum Gasteiger partial charge on any atom is 0.337 e. The van der Waals surface area contributed by atoms with E-state index in [2.05, 4.69) is 16.2 Å². The molecule has 0 saturated heterocycles. The number of hydrogen-bond acceptors (Lipinski definition) is 2. The molecule has 1 aliphatic rings. The highest BCUT2D eigenvalue weighted by molar-refractivity contribution is 6.30. The summed E-state index contributed by atoms with van der Waals surface area (Å²) in [5.74, 6) is -0.101. The number of amides is 3. The van der Waals surface area contributed by atoms with Gasteiger partial charge in [0.05, 0.1) is 0 Å². The predicted molar refractivity (Wildman–Crippen MR) is 78.3 cm³/mol. The van der Waals surface area contributed by atoms with Crippen molar-refractivity contribution in [2.45, 2.75) is 32.1 Å². The van der Waals surface area contributed by atoms with Crippen molar-refractivity contribution < 1.29 is 9.59 Å². The largest absolute Gasteiger partial charge is 0.337 e. The molecular formula is C14H18ClN3O2. The van der Waals surface area contributed by atoms with Crippen LogP contribution in [0.4, 0.5) is 10.5 Å². The number of rotatable bonds is 2. The van der Waals surface area contributed by atoms with Gasteiger partial charge in [0, 0.05) is 16.6 Å². The van der Waals surface area contributed by atoms with Gasteiger partial charge in [-0.15, -0.1) is 0 Å². The van der Waals surface area contributed by atoms with Crippen molar-refractivity contribution >= 4 is 29.2 Å². The quantitative estimate of drug-likeness (QED) is 0.734. The number of hydrogen-bond donors (Lipinski definition) is 3. The first-order valence-corrected chi connectivity index (χ1v) is 7.15. The molecule has 3 amide bonds. The zero-order chi connectivity index (χ0) is 14.4. The summed E-state index contributed by atoms with van der Waals surface area (Å²) in [6.07, 6.45) is 5.14. The van der Waals surface area contributed by atoms with Gasteiger partial charge in [0.2, 0.25) is 5.91 Å². The number of urea groups is 1. The van der Waals surface area contributed by atoms with E-state index in [-0.39, 0.29) is 11.8 Å². The molecule has 0 bridgehead atoms. The normalized spacial score (nSPS) is 15.4. The second-order valence-electron chi connectivity index (χ2n) is 4.91. The monoisotopic (exact) mass is 295 g/mol. The van der Waals surface area contributed by atoms with Crippen molar-refractivity contribution in [2.24, 2.45) is 5.92 Å². The lowest BCUT2D eigenvalue weighted by molar-refractivity contribution is -0.126. The van der Waals surface area contributed by atoms with Crippen molar-refractivity contribution in [1.82, 2.24) is 10.9 Å². The average molecular weight is 296 g/mol. The van der Waals surface area contributed by atoms with Crippen LogP contribution in [0.3, 0.4) is 0 Å². The zero-order valence-electron chi connectivity index (χ0n) is 11.1. The van der Waals surface area contributed by atoms with E-state index in [1.54, 1.807) is 24.3 Å². The van der Waals surface area contributed by atoms with E-state index in [0.29, 0.717) is 10.7 Å². The molecule has 1 saturated carbocycles. The molecule has 1 aliphatic carbocycles. The third-order valence-electron chi connectivity index (χ3n) is 3.38. The third-order valence-corrected chi connectivity index (χ3v) is 3.63. The SMILES string of the molecule is O=C(NNC(=O)C1CCCCC1)Nc1ccc(Cl)cc1. The van der Waals surface area contributed by atoms with Gasteiger partial charge in [0.1, 0.15) is 0 Å². The fourth-order valence-corrected chi connectivity index (χ4v) is 2.41. The molecule has 3 N–H and O–H groups in total. The van der Waals surface area contributed by atoms with Gasteiger partial charge in [0.15, 0.2) is 0 Å². The van der Waals surface area contributed by atoms with Gasteiger partial charge in [-0.05, 0) is 37.1 Å². The fraction of sp³-hybridized carbons (Fsp3) is 0.429. The number of carbonyl (C=O) groups is 2. The maximum atomic E-state index is 11.8. The Bertz CT molecular complexity index is 470. The standard InChI is InChI=1S/C14H18ClN3O2/c15-11-6-8-12(9-7-11)16-14(20)18-17-13(19)10-4-2-1-3-5-10/h6-10H,1-5H2,(H,17,19)(H2,16,18,20). The molecule has 1 fully saturated rings. The molecular weight excluding hydrogens is 278 g/mol. The smallest absolute Gasteiger partial charge is 0.307 e. The molecule has 0 radical (unpaired) electrons. The molecule has 1 aromatic carbocycles.